The molecule has 0 radical (unpaired) electrons. The van der Waals surface area contributed by atoms with Crippen LogP contribution in [0.4, 0.5) is 14.9 Å². The first-order valence-electron chi connectivity index (χ1n) is 7.84. The molecule has 0 spiro atoms. The number of hydrogen-bond donors (Lipinski definition) is 4. The fourth-order valence-corrected chi connectivity index (χ4v) is 2.97. The van der Waals surface area contributed by atoms with Crippen LogP contribution < -0.4 is 16.0 Å². The summed E-state index contributed by atoms with van der Waals surface area (Å²) in [4.78, 5) is 23.9. The standard InChI is InChI=1S/C18H18FN3O3/c1-20-17(24)13-9-11(6-7-14(13)19)21-18(25)22-16-12-5-3-2-4-10(12)8-15(16)23/h2-7,9,15-16,23H,8H2,1H3,(H,20,24)(H2,21,22,25)/t15-,16+/m1/s1. The van der Waals surface area contributed by atoms with E-state index in [-0.39, 0.29) is 11.3 Å². The number of aliphatic hydroxyl groups excluding tert-OH is 1. The van der Waals surface area contributed by atoms with Gasteiger partial charge < -0.3 is 21.1 Å². The number of carbonyl (C=O) groups is 2. The van der Waals surface area contributed by atoms with Gasteiger partial charge in [0.05, 0.1) is 17.7 Å². The minimum atomic E-state index is -0.710. The Balaban J connectivity index is 1.72. The molecule has 0 aromatic heterocycles. The maximum atomic E-state index is 13.7. The predicted molar refractivity (Wildman–Crippen MR) is 90.8 cm³/mol. The van der Waals surface area contributed by atoms with Gasteiger partial charge in [-0.25, -0.2) is 9.18 Å². The molecule has 4 N–H and O–H groups in total. The van der Waals surface area contributed by atoms with Crippen molar-refractivity contribution in [2.45, 2.75) is 18.6 Å². The third kappa shape index (κ3) is 3.46. The fourth-order valence-electron chi connectivity index (χ4n) is 2.97. The zero-order valence-corrected chi connectivity index (χ0v) is 13.5. The van der Waals surface area contributed by atoms with Crippen molar-refractivity contribution < 1.29 is 19.1 Å². The van der Waals surface area contributed by atoms with E-state index in [1.54, 1.807) is 0 Å². The summed E-state index contributed by atoms with van der Waals surface area (Å²) in [7, 11) is 1.40. The van der Waals surface area contributed by atoms with Crippen molar-refractivity contribution in [1.82, 2.24) is 10.6 Å². The molecule has 0 fully saturated rings. The molecule has 25 heavy (non-hydrogen) atoms. The molecule has 0 saturated carbocycles. The smallest absolute Gasteiger partial charge is 0.319 e. The van der Waals surface area contributed by atoms with Gasteiger partial charge in [0, 0.05) is 19.2 Å². The molecule has 3 rings (SSSR count). The first-order chi connectivity index (χ1) is 12.0. The molecule has 2 aromatic rings. The second kappa shape index (κ2) is 6.90. The van der Waals surface area contributed by atoms with Crippen LogP contribution in [0, 0.1) is 5.82 Å². The quantitative estimate of drug-likeness (QED) is 0.687. The number of benzene rings is 2. The highest BCUT2D eigenvalue weighted by atomic mass is 19.1. The van der Waals surface area contributed by atoms with Gasteiger partial charge in [-0.05, 0) is 29.3 Å². The number of amides is 3. The van der Waals surface area contributed by atoms with E-state index in [2.05, 4.69) is 16.0 Å². The molecule has 2 aromatic carbocycles. The number of fused-ring (bicyclic) bond motifs is 1. The zero-order chi connectivity index (χ0) is 18.0. The van der Waals surface area contributed by atoms with Gasteiger partial charge in [-0.1, -0.05) is 24.3 Å². The van der Waals surface area contributed by atoms with Crippen LogP contribution in [0.25, 0.3) is 0 Å². The Hall–Kier alpha value is -2.93. The lowest BCUT2D eigenvalue weighted by Crippen LogP contribution is -2.36. The lowest BCUT2D eigenvalue weighted by molar-refractivity contribution is 0.0959. The highest BCUT2D eigenvalue weighted by Gasteiger charge is 2.31. The minimum Gasteiger partial charge on any atom is -0.390 e. The van der Waals surface area contributed by atoms with E-state index >= 15 is 0 Å². The Labute approximate surface area is 144 Å². The normalized spacial score (nSPS) is 18.4. The number of halogens is 1. The van der Waals surface area contributed by atoms with Crippen LogP contribution in [0.15, 0.2) is 42.5 Å². The largest absolute Gasteiger partial charge is 0.390 e. The molecular formula is C18H18FN3O3. The first-order valence-corrected chi connectivity index (χ1v) is 7.84. The molecule has 6 nitrogen and oxygen atoms in total. The second-order valence-electron chi connectivity index (χ2n) is 5.82. The van der Waals surface area contributed by atoms with E-state index in [0.717, 1.165) is 17.2 Å². The monoisotopic (exact) mass is 343 g/mol. The summed E-state index contributed by atoms with van der Waals surface area (Å²) in [6.45, 7) is 0. The molecule has 0 saturated heterocycles. The number of nitrogens with one attached hydrogen (secondary N) is 3. The van der Waals surface area contributed by atoms with Crippen LogP contribution in [0.1, 0.15) is 27.5 Å². The number of hydrogen-bond acceptors (Lipinski definition) is 3. The van der Waals surface area contributed by atoms with Crippen molar-refractivity contribution in [3.63, 3.8) is 0 Å². The Morgan fingerprint density at radius 2 is 1.96 bits per heavy atom. The molecule has 0 unspecified atom stereocenters. The topological polar surface area (TPSA) is 90.5 Å². The Morgan fingerprint density at radius 1 is 1.20 bits per heavy atom. The fraction of sp³-hybridized carbons (Fsp3) is 0.222. The van der Waals surface area contributed by atoms with E-state index in [9.17, 15) is 19.1 Å². The Kier molecular flexibility index (Phi) is 4.67. The minimum absolute atomic E-state index is 0.161. The van der Waals surface area contributed by atoms with Crippen molar-refractivity contribution in [3.8, 4) is 0 Å². The van der Waals surface area contributed by atoms with Crippen LogP contribution in [-0.2, 0) is 6.42 Å². The summed E-state index contributed by atoms with van der Waals surface area (Å²) in [5.74, 6) is -1.26. The molecule has 1 aliphatic carbocycles. The average molecular weight is 343 g/mol. The Morgan fingerprint density at radius 3 is 2.72 bits per heavy atom. The molecule has 3 amide bonds. The number of aliphatic hydroxyl groups is 1. The number of anilines is 1. The maximum absolute atomic E-state index is 13.7. The van der Waals surface area contributed by atoms with Gasteiger partial charge in [-0.3, -0.25) is 4.79 Å². The van der Waals surface area contributed by atoms with Crippen molar-refractivity contribution in [2.24, 2.45) is 0 Å². The predicted octanol–water partition coefficient (Wildman–Crippen LogP) is 1.97. The van der Waals surface area contributed by atoms with Crippen molar-refractivity contribution in [1.29, 1.82) is 0 Å². The van der Waals surface area contributed by atoms with Gasteiger partial charge in [-0.2, -0.15) is 0 Å². The highest BCUT2D eigenvalue weighted by molar-refractivity contribution is 5.97. The lowest BCUT2D eigenvalue weighted by atomic mass is 10.1. The molecular weight excluding hydrogens is 325 g/mol. The molecule has 1 aliphatic rings. The summed E-state index contributed by atoms with van der Waals surface area (Å²) in [5, 5.41) is 17.8. The second-order valence-corrected chi connectivity index (χ2v) is 5.82. The van der Waals surface area contributed by atoms with E-state index in [0.29, 0.717) is 6.42 Å². The lowest BCUT2D eigenvalue weighted by Gasteiger charge is -2.18. The van der Waals surface area contributed by atoms with E-state index in [4.69, 9.17) is 0 Å². The Bertz CT molecular complexity index is 825. The van der Waals surface area contributed by atoms with Crippen molar-refractivity contribution >= 4 is 17.6 Å². The van der Waals surface area contributed by atoms with Crippen LogP contribution in [0.5, 0.6) is 0 Å². The summed E-state index contributed by atoms with van der Waals surface area (Å²) in [5.41, 5.74) is 1.98. The summed E-state index contributed by atoms with van der Waals surface area (Å²) in [6, 6.07) is 10.2. The molecule has 2 atom stereocenters. The van der Waals surface area contributed by atoms with Crippen LogP contribution >= 0.6 is 0 Å². The van der Waals surface area contributed by atoms with E-state index < -0.39 is 29.9 Å². The SMILES string of the molecule is CNC(=O)c1cc(NC(=O)N[C@H]2c3ccccc3C[C@H]2O)ccc1F. The van der Waals surface area contributed by atoms with Gasteiger partial charge in [0.25, 0.3) is 5.91 Å². The van der Waals surface area contributed by atoms with Crippen LogP contribution in [0.3, 0.4) is 0 Å². The summed E-state index contributed by atoms with van der Waals surface area (Å²) >= 11 is 0. The van der Waals surface area contributed by atoms with Gasteiger partial charge in [0.15, 0.2) is 0 Å². The number of carbonyl (C=O) groups excluding carboxylic acids is 2. The summed E-state index contributed by atoms with van der Waals surface area (Å²) in [6.07, 6.45) is -0.240. The number of rotatable bonds is 3. The van der Waals surface area contributed by atoms with Gasteiger partial charge >= 0.3 is 6.03 Å². The highest BCUT2D eigenvalue weighted by Crippen LogP contribution is 2.31. The number of urea groups is 1. The zero-order valence-electron chi connectivity index (χ0n) is 13.5. The van der Waals surface area contributed by atoms with E-state index in [1.165, 1.54) is 19.2 Å². The molecule has 7 heteroatoms. The molecule has 0 aliphatic heterocycles. The molecule has 130 valence electrons. The molecule has 0 bridgehead atoms. The third-order valence-corrected chi connectivity index (χ3v) is 4.19. The third-order valence-electron chi connectivity index (χ3n) is 4.19. The first kappa shape index (κ1) is 16.9. The van der Waals surface area contributed by atoms with E-state index in [1.807, 2.05) is 24.3 Å². The van der Waals surface area contributed by atoms with Crippen LogP contribution in [0.2, 0.25) is 0 Å². The van der Waals surface area contributed by atoms with Gasteiger partial charge in [0.1, 0.15) is 5.82 Å². The van der Waals surface area contributed by atoms with Crippen molar-refractivity contribution in [3.05, 3.63) is 65.0 Å². The summed E-state index contributed by atoms with van der Waals surface area (Å²) < 4.78 is 13.7. The maximum Gasteiger partial charge on any atom is 0.319 e. The van der Waals surface area contributed by atoms with Gasteiger partial charge in [-0.15, -0.1) is 0 Å². The van der Waals surface area contributed by atoms with Crippen LogP contribution in [-0.4, -0.2) is 30.2 Å². The molecule has 0 heterocycles. The van der Waals surface area contributed by atoms with Gasteiger partial charge in [0.2, 0.25) is 0 Å². The van der Waals surface area contributed by atoms with Crippen molar-refractivity contribution in [2.75, 3.05) is 12.4 Å². The average Bonchev–Trinajstić information content (AvgIpc) is 2.91.